The molecule has 120 valence electrons. The summed E-state index contributed by atoms with van der Waals surface area (Å²) in [6.07, 6.45) is 8.10. The number of rotatable bonds is 5. The average molecular weight is 296 g/mol. The van der Waals surface area contributed by atoms with Gasteiger partial charge in [0.05, 0.1) is 0 Å². The summed E-state index contributed by atoms with van der Waals surface area (Å²) in [6, 6.07) is 0.114. The van der Waals surface area contributed by atoms with Gasteiger partial charge in [0.25, 0.3) is 0 Å². The first-order valence-corrected chi connectivity index (χ1v) is 8.35. The monoisotopic (exact) mass is 296 g/mol. The summed E-state index contributed by atoms with van der Waals surface area (Å²) in [5.74, 6) is -0.159. The molecule has 0 radical (unpaired) electrons. The summed E-state index contributed by atoms with van der Waals surface area (Å²) in [5.41, 5.74) is 5.85. The molecule has 1 saturated heterocycles. The number of nitrogens with two attached hydrogens (primary N) is 1. The predicted octanol–water partition coefficient (Wildman–Crippen LogP) is 2.00. The molecule has 3 N–H and O–H groups in total. The Morgan fingerprint density at radius 3 is 2.52 bits per heavy atom. The molecule has 21 heavy (non-hydrogen) atoms. The van der Waals surface area contributed by atoms with Crippen LogP contribution in [0.5, 0.6) is 0 Å². The SMILES string of the molecule is NCC1CCCCC1C(=O)N1CCCCC1CCC(=O)O. The van der Waals surface area contributed by atoms with Crippen LogP contribution in [0.1, 0.15) is 57.8 Å². The van der Waals surface area contributed by atoms with Crippen LogP contribution in [0.4, 0.5) is 0 Å². The van der Waals surface area contributed by atoms with Crippen molar-refractivity contribution >= 4 is 11.9 Å². The van der Waals surface area contributed by atoms with Gasteiger partial charge in [0.15, 0.2) is 0 Å². The smallest absolute Gasteiger partial charge is 0.303 e. The molecule has 1 heterocycles. The van der Waals surface area contributed by atoms with Crippen molar-refractivity contribution in [3.8, 4) is 0 Å². The second-order valence-electron chi connectivity index (χ2n) is 6.50. The number of carbonyl (C=O) groups is 2. The lowest BCUT2D eigenvalue weighted by molar-refractivity contribution is -0.144. The van der Waals surface area contributed by atoms with Crippen LogP contribution in [0.15, 0.2) is 0 Å². The average Bonchev–Trinajstić information content (AvgIpc) is 2.52. The Labute approximate surface area is 126 Å². The molecule has 0 spiro atoms. The first-order valence-electron chi connectivity index (χ1n) is 8.35. The zero-order valence-corrected chi connectivity index (χ0v) is 12.8. The van der Waals surface area contributed by atoms with E-state index < -0.39 is 5.97 Å². The van der Waals surface area contributed by atoms with Crippen LogP contribution in [-0.2, 0) is 9.59 Å². The summed E-state index contributed by atoms with van der Waals surface area (Å²) in [4.78, 5) is 25.7. The quantitative estimate of drug-likeness (QED) is 0.812. The normalized spacial score (nSPS) is 30.1. The summed E-state index contributed by atoms with van der Waals surface area (Å²) >= 11 is 0. The number of piperidine rings is 1. The Kier molecular flexibility index (Phi) is 6.03. The number of hydrogen-bond donors (Lipinski definition) is 2. The van der Waals surface area contributed by atoms with Crippen LogP contribution in [-0.4, -0.2) is 41.0 Å². The predicted molar refractivity (Wildman–Crippen MR) is 80.7 cm³/mol. The highest BCUT2D eigenvalue weighted by atomic mass is 16.4. The third-order valence-corrected chi connectivity index (χ3v) is 5.13. The molecule has 1 aliphatic carbocycles. The number of likely N-dealkylation sites (tertiary alicyclic amines) is 1. The molecule has 1 amide bonds. The highest BCUT2D eigenvalue weighted by Crippen LogP contribution is 2.33. The Morgan fingerprint density at radius 1 is 1.10 bits per heavy atom. The van der Waals surface area contributed by atoms with Crippen molar-refractivity contribution in [3.05, 3.63) is 0 Å². The topological polar surface area (TPSA) is 83.6 Å². The lowest BCUT2D eigenvalue weighted by atomic mass is 9.78. The molecule has 2 rings (SSSR count). The van der Waals surface area contributed by atoms with E-state index in [1.807, 2.05) is 4.90 Å². The standard InChI is InChI=1S/C16H28N2O3/c17-11-12-5-1-2-7-14(12)16(21)18-10-4-3-6-13(18)8-9-15(19)20/h12-14H,1-11,17H2,(H,19,20). The lowest BCUT2D eigenvalue weighted by Crippen LogP contribution is -2.49. The molecular weight excluding hydrogens is 268 g/mol. The molecule has 5 heteroatoms. The molecule has 5 nitrogen and oxygen atoms in total. The molecule has 3 unspecified atom stereocenters. The zero-order valence-electron chi connectivity index (χ0n) is 12.8. The molecular formula is C16H28N2O3. The largest absolute Gasteiger partial charge is 0.481 e. The van der Waals surface area contributed by atoms with Crippen molar-refractivity contribution in [3.63, 3.8) is 0 Å². The van der Waals surface area contributed by atoms with E-state index in [0.717, 1.165) is 45.1 Å². The Bertz CT molecular complexity index is 373. The number of amides is 1. The van der Waals surface area contributed by atoms with Gasteiger partial charge in [0.2, 0.25) is 5.91 Å². The van der Waals surface area contributed by atoms with Crippen LogP contribution in [0.25, 0.3) is 0 Å². The number of hydrogen-bond acceptors (Lipinski definition) is 3. The van der Waals surface area contributed by atoms with E-state index in [1.54, 1.807) is 0 Å². The van der Waals surface area contributed by atoms with Crippen LogP contribution < -0.4 is 5.73 Å². The van der Waals surface area contributed by atoms with Gasteiger partial charge in [-0.3, -0.25) is 9.59 Å². The maximum atomic E-state index is 12.9. The maximum absolute atomic E-state index is 12.9. The van der Waals surface area contributed by atoms with Gasteiger partial charge in [-0.25, -0.2) is 0 Å². The fourth-order valence-corrected chi connectivity index (χ4v) is 3.91. The first-order chi connectivity index (χ1) is 10.1. The molecule has 0 aromatic carbocycles. The van der Waals surface area contributed by atoms with Crippen molar-refractivity contribution in [2.45, 2.75) is 63.8 Å². The number of aliphatic carboxylic acids is 1. The summed E-state index contributed by atoms with van der Waals surface area (Å²) in [5, 5.41) is 8.88. The number of nitrogens with zero attached hydrogens (tertiary/aromatic N) is 1. The first kappa shape index (κ1) is 16.3. The minimum Gasteiger partial charge on any atom is -0.481 e. The molecule has 0 aromatic rings. The third kappa shape index (κ3) is 4.19. The zero-order chi connectivity index (χ0) is 15.2. The Hall–Kier alpha value is -1.10. The van der Waals surface area contributed by atoms with Crippen molar-refractivity contribution < 1.29 is 14.7 Å². The highest BCUT2D eigenvalue weighted by Gasteiger charge is 2.36. The van der Waals surface area contributed by atoms with Crippen molar-refractivity contribution in [2.75, 3.05) is 13.1 Å². The van der Waals surface area contributed by atoms with Gasteiger partial charge in [-0.05, 0) is 51.0 Å². The van der Waals surface area contributed by atoms with Crippen LogP contribution in [0.3, 0.4) is 0 Å². The van der Waals surface area contributed by atoms with Gasteiger partial charge < -0.3 is 15.7 Å². The van der Waals surface area contributed by atoms with E-state index in [-0.39, 0.29) is 24.3 Å². The van der Waals surface area contributed by atoms with E-state index in [2.05, 4.69) is 0 Å². The van der Waals surface area contributed by atoms with Crippen LogP contribution >= 0.6 is 0 Å². The minimum absolute atomic E-state index is 0.0641. The van der Waals surface area contributed by atoms with Crippen LogP contribution in [0.2, 0.25) is 0 Å². The summed E-state index contributed by atoms with van der Waals surface area (Å²) < 4.78 is 0. The van der Waals surface area contributed by atoms with Gasteiger partial charge in [-0.15, -0.1) is 0 Å². The van der Waals surface area contributed by atoms with Gasteiger partial charge >= 0.3 is 5.97 Å². The van der Waals surface area contributed by atoms with Crippen LogP contribution in [0, 0.1) is 11.8 Å². The lowest BCUT2D eigenvalue weighted by Gasteiger charge is -2.40. The number of carboxylic acids is 1. The maximum Gasteiger partial charge on any atom is 0.303 e. The fraction of sp³-hybridized carbons (Fsp3) is 0.875. The van der Waals surface area contributed by atoms with Gasteiger partial charge in [0, 0.05) is 24.9 Å². The highest BCUT2D eigenvalue weighted by molar-refractivity contribution is 5.80. The molecule has 2 aliphatic rings. The summed E-state index contributed by atoms with van der Waals surface area (Å²) in [7, 11) is 0. The van der Waals surface area contributed by atoms with E-state index in [0.29, 0.717) is 18.9 Å². The minimum atomic E-state index is -0.773. The van der Waals surface area contributed by atoms with Crippen molar-refractivity contribution in [2.24, 2.45) is 17.6 Å². The van der Waals surface area contributed by atoms with E-state index in [4.69, 9.17) is 10.8 Å². The third-order valence-electron chi connectivity index (χ3n) is 5.13. The number of carbonyl (C=O) groups excluding carboxylic acids is 1. The fourth-order valence-electron chi connectivity index (χ4n) is 3.91. The second kappa shape index (κ2) is 7.78. The second-order valence-corrected chi connectivity index (χ2v) is 6.50. The molecule has 3 atom stereocenters. The van der Waals surface area contributed by atoms with Gasteiger partial charge in [0.1, 0.15) is 0 Å². The van der Waals surface area contributed by atoms with Gasteiger partial charge in [-0.2, -0.15) is 0 Å². The molecule has 1 aliphatic heterocycles. The molecule has 2 fully saturated rings. The molecule has 1 saturated carbocycles. The Balaban J connectivity index is 2.01. The van der Waals surface area contributed by atoms with E-state index in [9.17, 15) is 9.59 Å². The molecule has 0 aromatic heterocycles. The van der Waals surface area contributed by atoms with E-state index >= 15 is 0 Å². The molecule has 0 bridgehead atoms. The summed E-state index contributed by atoms with van der Waals surface area (Å²) in [6.45, 7) is 1.38. The van der Waals surface area contributed by atoms with Gasteiger partial charge in [-0.1, -0.05) is 12.8 Å². The Morgan fingerprint density at radius 2 is 1.81 bits per heavy atom. The van der Waals surface area contributed by atoms with E-state index in [1.165, 1.54) is 6.42 Å². The van der Waals surface area contributed by atoms with Crippen molar-refractivity contribution in [1.82, 2.24) is 4.90 Å². The number of carboxylic acid groups (broad SMARTS) is 1. The van der Waals surface area contributed by atoms with Crippen molar-refractivity contribution in [1.29, 1.82) is 0 Å².